The number of hydrogen-bond acceptors (Lipinski definition) is 4. The van der Waals surface area contributed by atoms with Crippen molar-refractivity contribution in [1.29, 1.82) is 0 Å². The Morgan fingerprint density at radius 3 is 3.07 bits per heavy atom. The molecule has 76 valence electrons. The molecule has 0 unspecified atom stereocenters. The summed E-state index contributed by atoms with van der Waals surface area (Å²) in [5, 5.41) is 11.3. The highest BCUT2D eigenvalue weighted by Gasteiger charge is 2.02. The fourth-order valence-corrected chi connectivity index (χ4v) is 0.947. The van der Waals surface area contributed by atoms with E-state index in [4.69, 9.17) is 5.11 Å². The standard InChI is InChI=1S/C9H12N2O3/c1-14-6-9(13)11-8-4-2-3-7(5-12)10-8/h2-4,12H,5-6H2,1H3,(H,10,11,13). The number of methoxy groups -OCH3 is 1. The van der Waals surface area contributed by atoms with Gasteiger partial charge in [-0.1, -0.05) is 6.07 Å². The second-order valence-electron chi connectivity index (χ2n) is 2.65. The molecule has 1 heterocycles. The van der Waals surface area contributed by atoms with Gasteiger partial charge < -0.3 is 15.2 Å². The van der Waals surface area contributed by atoms with Gasteiger partial charge in [0.05, 0.1) is 12.3 Å². The van der Waals surface area contributed by atoms with E-state index in [0.29, 0.717) is 11.5 Å². The Kier molecular flexibility index (Phi) is 4.03. The number of hydrogen-bond donors (Lipinski definition) is 2. The predicted molar refractivity (Wildman–Crippen MR) is 50.7 cm³/mol. The van der Waals surface area contributed by atoms with Crippen molar-refractivity contribution >= 4 is 11.7 Å². The quantitative estimate of drug-likeness (QED) is 0.719. The molecule has 0 aliphatic carbocycles. The molecule has 0 aliphatic rings. The van der Waals surface area contributed by atoms with Gasteiger partial charge in [0.15, 0.2) is 0 Å². The summed E-state index contributed by atoms with van der Waals surface area (Å²) in [6, 6.07) is 5.03. The molecule has 0 saturated carbocycles. The fraction of sp³-hybridized carbons (Fsp3) is 0.333. The molecule has 14 heavy (non-hydrogen) atoms. The Labute approximate surface area is 81.7 Å². The van der Waals surface area contributed by atoms with Gasteiger partial charge in [0.25, 0.3) is 5.91 Å². The number of nitrogens with zero attached hydrogens (tertiary/aromatic N) is 1. The number of carbonyl (C=O) groups is 1. The first-order valence-corrected chi connectivity index (χ1v) is 4.12. The lowest BCUT2D eigenvalue weighted by atomic mass is 10.3. The minimum absolute atomic E-state index is 0.00890. The van der Waals surface area contributed by atoms with Gasteiger partial charge in [-0.15, -0.1) is 0 Å². The second kappa shape index (κ2) is 5.31. The number of nitrogens with one attached hydrogen (secondary N) is 1. The number of carbonyl (C=O) groups excluding carboxylic acids is 1. The molecule has 1 aromatic rings. The molecule has 0 radical (unpaired) electrons. The summed E-state index contributed by atoms with van der Waals surface area (Å²) in [6.45, 7) is -0.154. The van der Waals surface area contributed by atoms with Crippen molar-refractivity contribution in [2.45, 2.75) is 6.61 Å². The van der Waals surface area contributed by atoms with Gasteiger partial charge in [-0.25, -0.2) is 4.98 Å². The van der Waals surface area contributed by atoms with Gasteiger partial charge >= 0.3 is 0 Å². The summed E-state index contributed by atoms with van der Waals surface area (Å²) in [4.78, 5) is 15.0. The summed E-state index contributed by atoms with van der Waals surface area (Å²) in [5.74, 6) is 0.147. The lowest BCUT2D eigenvalue weighted by molar-refractivity contribution is -0.119. The van der Waals surface area contributed by atoms with Crippen LogP contribution in [0.1, 0.15) is 5.69 Å². The van der Waals surface area contributed by atoms with Crippen molar-refractivity contribution in [3.63, 3.8) is 0 Å². The maximum atomic E-state index is 11.1. The van der Waals surface area contributed by atoms with Gasteiger partial charge in [0, 0.05) is 7.11 Å². The Hall–Kier alpha value is -1.46. The topological polar surface area (TPSA) is 71.5 Å². The van der Waals surface area contributed by atoms with Crippen LogP contribution in [0.15, 0.2) is 18.2 Å². The van der Waals surface area contributed by atoms with Crippen molar-refractivity contribution in [2.24, 2.45) is 0 Å². The van der Waals surface area contributed by atoms with E-state index in [1.807, 2.05) is 0 Å². The van der Waals surface area contributed by atoms with Crippen LogP contribution in [0.3, 0.4) is 0 Å². The van der Waals surface area contributed by atoms with E-state index in [-0.39, 0.29) is 19.1 Å². The first-order valence-electron chi connectivity index (χ1n) is 4.12. The lowest BCUT2D eigenvalue weighted by Gasteiger charge is -2.04. The van der Waals surface area contributed by atoms with Gasteiger partial charge in [0.1, 0.15) is 12.4 Å². The Bertz CT molecular complexity index is 315. The third-order valence-corrected chi connectivity index (χ3v) is 1.51. The molecule has 5 nitrogen and oxygen atoms in total. The zero-order valence-electron chi connectivity index (χ0n) is 7.86. The molecule has 0 spiro atoms. The average Bonchev–Trinajstić information content (AvgIpc) is 2.18. The number of ether oxygens (including phenoxy) is 1. The lowest BCUT2D eigenvalue weighted by Crippen LogP contribution is -2.18. The number of amides is 1. The van der Waals surface area contributed by atoms with Crippen LogP contribution in [-0.4, -0.2) is 29.7 Å². The number of aromatic nitrogens is 1. The van der Waals surface area contributed by atoms with Crippen LogP contribution in [0.2, 0.25) is 0 Å². The highest BCUT2D eigenvalue weighted by atomic mass is 16.5. The van der Waals surface area contributed by atoms with Crippen molar-refractivity contribution in [1.82, 2.24) is 4.98 Å². The minimum Gasteiger partial charge on any atom is -0.390 e. The van der Waals surface area contributed by atoms with Gasteiger partial charge in [-0.05, 0) is 12.1 Å². The number of rotatable bonds is 4. The van der Waals surface area contributed by atoms with E-state index >= 15 is 0 Å². The maximum Gasteiger partial charge on any atom is 0.251 e. The summed E-state index contributed by atoms with van der Waals surface area (Å²) in [6.07, 6.45) is 0. The van der Waals surface area contributed by atoms with E-state index in [2.05, 4.69) is 15.0 Å². The largest absolute Gasteiger partial charge is 0.390 e. The van der Waals surface area contributed by atoms with Crippen LogP contribution in [0, 0.1) is 0 Å². The normalized spacial score (nSPS) is 9.86. The third kappa shape index (κ3) is 3.12. The minimum atomic E-state index is -0.268. The second-order valence-corrected chi connectivity index (χ2v) is 2.65. The van der Waals surface area contributed by atoms with Crippen molar-refractivity contribution < 1.29 is 14.6 Å². The maximum absolute atomic E-state index is 11.1. The summed E-state index contributed by atoms with van der Waals surface area (Å²) in [7, 11) is 1.44. The molecule has 0 aromatic carbocycles. The van der Waals surface area contributed by atoms with Crippen LogP contribution >= 0.6 is 0 Å². The van der Waals surface area contributed by atoms with Crippen LogP contribution in [-0.2, 0) is 16.1 Å². The number of aliphatic hydroxyl groups is 1. The van der Waals surface area contributed by atoms with Crippen LogP contribution in [0.25, 0.3) is 0 Å². The smallest absolute Gasteiger partial charge is 0.251 e. The molecule has 0 aliphatic heterocycles. The van der Waals surface area contributed by atoms with Gasteiger partial charge in [-0.3, -0.25) is 4.79 Å². The number of pyridine rings is 1. The predicted octanol–water partition coefficient (Wildman–Crippen LogP) is 0.159. The first kappa shape index (κ1) is 10.6. The zero-order valence-corrected chi connectivity index (χ0v) is 7.86. The van der Waals surface area contributed by atoms with E-state index in [1.54, 1.807) is 18.2 Å². The molecule has 2 N–H and O–H groups in total. The molecule has 0 atom stereocenters. The SMILES string of the molecule is COCC(=O)Nc1cccc(CO)n1. The van der Waals surface area contributed by atoms with Crippen LogP contribution < -0.4 is 5.32 Å². The fourth-order valence-electron chi connectivity index (χ4n) is 0.947. The first-order chi connectivity index (χ1) is 6.76. The number of anilines is 1. The molecular formula is C9H12N2O3. The van der Waals surface area contributed by atoms with Crippen molar-refractivity contribution in [3.8, 4) is 0 Å². The Morgan fingerprint density at radius 2 is 2.43 bits per heavy atom. The van der Waals surface area contributed by atoms with Crippen molar-refractivity contribution in [3.05, 3.63) is 23.9 Å². The molecule has 5 heteroatoms. The highest BCUT2D eigenvalue weighted by Crippen LogP contribution is 2.04. The van der Waals surface area contributed by atoms with Gasteiger partial charge in [0.2, 0.25) is 0 Å². The monoisotopic (exact) mass is 196 g/mol. The van der Waals surface area contributed by atoms with Crippen LogP contribution in [0.4, 0.5) is 5.82 Å². The Morgan fingerprint density at radius 1 is 1.64 bits per heavy atom. The third-order valence-electron chi connectivity index (χ3n) is 1.51. The van der Waals surface area contributed by atoms with Crippen LogP contribution in [0.5, 0.6) is 0 Å². The highest BCUT2D eigenvalue weighted by molar-refractivity contribution is 5.90. The van der Waals surface area contributed by atoms with E-state index in [9.17, 15) is 4.79 Å². The average molecular weight is 196 g/mol. The Balaban J connectivity index is 2.62. The molecule has 0 saturated heterocycles. The molecule has 1 rings (SSSR count). The van der Waals surface area contributed by atoms with E-state index < -0.39 is 0 Å². The summed E-state index contributed by atoms with van der Waals surface area (Å²) >= 11 is 0. The summed E-state index contributed by atoms with van der Waals surface area (Å²) < 4.78 is 4.64. The van der Waals surface area contributed by atoms with Crippen molar-refractivity contribution in [2.75, 3.05) is 19.0 Å². The molecule has 1 aromatic heterocycles. The molecule has 0 fully saturated rings. The number of aliphatic hydroxyl groups excluding tert-OH is 1. The van der Waals surface area contributed by atoms with E-state index in [1.165, 1.54) is 7.11 Å². The molecule has 0 bridgehead atoms. The molecule has 1 amide bonds. The zero-order chi connectivity index (χ0) is 10.4. The van der Waals surface area contributed by atoms with Gasteiger partial charge in [-0.2, -0.15) is 0 Å². The van der Waals surface area contributed by atoms with E-state index in [0.717, 1.165) is 0 Å². The molecular weight excluding hydrogens is 184 g/mol. The summed E-state index contributed by atoms with van der Waals surface area (Å²) in [5.41, 5.74) is 0.514.